The van der Waals surface area contributed by atoms with Crippen LogP contribution in [-0.4, -0.2) is 16.9 Å². The summed E-state index contributed by atoms with van der Waals surface area (Å²) in [6.45, 7) is 4.39. The molecule has 0 saturated carbocycles. The van der Waals surface area contributed by atoms with Crippen molar-refractivity contribution in [2.24, 2.45) is 5.92 Å². The van der Waals surface area contributed by atoms with Gasteiger partial charge in [0.05, 0.1) is 0 Å². The zero-order valence-corrected chi connectivity index (χ0v) is 18.3. The van der Waals surface area contributed by atoms with Gasteiger partial charge in [0.15, 0.2) is 0 Å². The minimum Gasteiger partial charge on any atom is -0.475 e. The van der Waals surface area contributed by atoms with Crippen LogP contribution in [0.5, 0.6) is 0 Å². The van der Waals surface area contributed by atoms with Crippen molar-refractivity contribution in [3.05, 3.63) is 0 Å². The minimum atomic E-state index is -1.25. The van der Waals surface area contributed by atoms with Gasteiger partial charge in [0.25, 0.3) is 0 Å². The fraction of sp³-hybridized carbons (Fsp3) is 0.917. The van der Waals surface area contributed by atoms with E-state index in [0.717, 1.165) is 44.9 Å². The first-order chi connectivity index (χ1) is 13.1. The van der Waals surface area contributed by atoms with Crippen LogP contribution in [0, 0.1) is 5.92 Å². The van der Waals surface area contributed by atoms with Crippen molar-refractivity contribution < 1.29 is 14.7 Å². The van der Waals surface area contributed by atoms with Crippen LogP contribution in [-0.2, 0) is 9.59 Å². The monoisotopic (exact) mass is 382 g/mol. The number of carboxylic acid groups (broad SMARTS) is 1. The first-order valence-corrected chi connectivity index (χ1v) is 11.9. The van der Waals surface area contributed by atoms with E-state index in [2.05, 4.69) is 13.8 Å². The van der Waals surface area contributed by atoms with Crippen LogP contribution in [0.4, 0.5) is 0 Å². The summed E-state index contributed by atoms with van der Waals surface area (Å²) in [5, 5.41) is 8.97. The molecule has 0 aromatic carbocycles. The first-order valence-electron chi connectivity index (χ1n) is 11.9. The van der Waals surface area contributed by atoms with Gasteiger partial charge in [-0.3, -0.25) is 4.79 Å². The Hall–Kier alpha value is -0.860. The molecule has 0 aromatic rings. The van der Waals surface area contributed by atoms with Gasteiger partial charge in [0.1, 0.15) is 0 Å². The van der Waals surface area contributed by atoms with Gasteiger partial charge in [-0.15, -0.1) is 0 Å². The molecular weight excluding hydrogens is 336 g/mol. The van der Waals surface area contributed by atoms with Crippen LogP contribution in [0.25, 0.3) is 0 Å². The van der Waals surface area contributed by atoms with Crippen LogP contribution >= 0.6 is 0 Å². The molecule has 0 radical (unpaired) electrons. The zero-order valence-electron chi connectivity index (χ0n) is 18.3. The number of unbranched alkanes of at least 4 members (excludes halogenated alkanes) is 15. The lowest BCUT2D eigenvalue weighted by molar-refractivity contribution is -0.151. The lowest BCUT2D eigenvalue weighted by atomic mass is 9.91. The second kappa shape index (κ2) is 19.9. The van der Waals surface area contributed by atoms with Crippen molar-refractivity contribution in [2.45, 2.75) is 136 Å². The van der Waals surface area contributed by atoms with Gasteiger partial charge in [-0.25, -0.2) is 4.79 Å². The maximum atomic E-state index is 11.8. The predicted molar refractivity (Wildman–Crippen MR) is 115 cm³/mol. The highest BCUT2D eigenvalue weighted by Gasteiger charge is 2.23. The molecule has 3 nitrogen and oxygen atoms in total. The summed E-state index contributed by atoms with van der Waals surface area (Å²) in [4.78, 5) is 22.8. The van der Waals surface area contributed by atoms with E-state index in [0.29, 0.717) is 0 Å². The van der Waals surface area contributed by atoms with Crippen LogP contribution < -0.4 is 0 Å². The van der Waals surface area contributed by atoms with E-state index in [1.165, 1.54) is 77.0 Å². The molecule has 1 N–H and O–H groups in total. The average molecular weight is 383 g/mol. The van der Waals surface area contributed by atoms with Gasteiger partial charge in [-0.1, -0.05) is 123 Å². The molecule has 27 heavy (non-hydrogen) atoms. The van der Waals surface area contributed by atoms with E-state index in [1.54, 1.807) is 0 Å². The van der Waals surface area contributed by atoms with Crippen LogP contribution in [0.1, 0.15) is 136 Å². The summed E-state index contributed by atoms with van der Waals surface area (Å²) >= 11 is 0. The molecule has 0 aliphatic heterocycles. The highest BCUT2D eigenvalue weighted by atomic mass is 16.4. The summed E-state index contributed by atoms with van der Waals surface area (Å²) < 4.78 is 0. The number of carbonyl (C=O) groups is 2. The van der Waals surface area contributed by atoms with Crippen LogP contribution in [0.2, 0.25) is 0 Å². The van der Waals surface area contributed by atoms with Crippen molar-refractivity contribution in [1.29, 1.82) is 0 Å². The van der Waals surface area contributed by atoms with Crippen molar-refractivity contribution in [1.82, 2.24) is 0 Å². The molecule has 0 fully saturated rings. The second-order valence-corrected chi connectivity index (χ2v) is 8.25. The van der Waals surface area contributed by atoms with Crippen molar-refractivity contribution in [3.8, 4) is 0 Å². The molecular formula is C24H46O3. The fourth-order valence-electron chi connectivity index (χ4n) is 3.81. The summed E-state index contributed by atoms with van der Waals surface area (Å²) in [7, 11) is 0. The molecule has 0 aromatic heterocycles. The maximum Gasteiger partial charge on any atom is 0.372 e. The van der Waals surface area contributed by atoms with Gasteiger partial charge >= 0.3 is 5.97 Å². The lowest BCUT2D eigenvalue weighted by Gasteiger charge is -2.13. The van der Waals surface area contributed by atoms with E-state index in [1.807, 2.05) is 0 Å². The number of Topliss-reactive ketones (excluding diaryl/α,β-unsaturated/α-hetero) is 1. The number of ketones is 1. The highest BCUT2D eigenvalue weighted by Crippen LogP contribution is 2.20. The molecule has 0 heterocycles. The predicted octanol–water partition coefficient (Wildman–Crippen LogP) is 7.71. The number of rotatable bonds is 21. The fourth-order valence-corrected chi connectivity index (χ4v) is 3.81. The van der Waals surface area contributed by atoms with Gasteiger partial charge in [-0.05, 0) is 12.8 Å². The number of aliphatic carboxylic acids is 1. The van der Waals surface area contributed by atoms with E-state index in [-0.39, 0.29) is 5.92 Å². The third kappa shape index (κ3) is 17.0. The molecule has 0 amide bonds. The van der Waals surface area contributed by atoms with Gasteiger partial charge < -0.3 is 5.11 Å². The molecule has 160 valence electrons. The van der Waals surface area contributed by atoms with Crippen molar-refractivity contribution >= 4 is 11.8 Å². The first kappa shape index (κ1) is 26.1. The summed E-state index contributed by atoms with van der Waals surface area (Å²) in [5.74, 6) is -2.07. The Balaban J connectivity index is 3.53. The second-order valence-electron chi connectivity index (χ2n) is 8.25. The SMILES string of the molecule is CCCCCCCCCCCCCCCCC(CCCCC)C(=O)C(=O)O. The topological polar surface area (TPSA) is 54.4 Å². The molecule has 3 heteroatoms. The van der Waals surface area contributed by atoms with Gasteiger partial charge in [-0.2, -0.15) is 0 Å². The number of carbonyl (C=O) groups excluding carboxylic acids is 1. The number of carboxylic acids is 1. The molecule has 1 atom stereocenters. The average Bonchev–Trinajstić information content (AvgIpc) is 2.66. The quantitative estimate of drug-likeness (QED) is 0.163. The summed E-state index contributed by atoms with van der Waals surface area (Å²) in [6.07, 6.45) is 23.1. The highest BCUT2D eigenvalue weighted by molar-refractivity contribution is 6.33. The Morgan fingerprint density at radius 2 is 0.852 bits per heavy atom. The van der Waals surface area contributed by atoms with Crippen LogP contribution in [0.15, 0.2) is 0 Å². The summed E-state index contributed by atoms with van der Waals surface area (Å²) in [6, 6.07) is 0. The molecule has 0 aliphatic rings. The Morgan fingerprint density at radius 1 is 0.556 bits per heavy atom. The van der Waals surface area contributed by atoms with Gasteiger partial charge in [0, 0.05) is 5.92 Å². The minimum absolute atomic E-state index is 0.258. The van der Waals surface area contributed by atoms with Crippen LogP contribution in [0.3, 0.4) is 0 Å². The molecule has 0 bridgehead atoms. The third-order valence-corrected chi connectivity index (χ3v) is 5.64. The molecule has 0 rings (SSSR count). The van der Waals surface area contributed by atoms with E-state index >= 15 is 0 Å². The summed E-state index contributed by atoms with van der Waals surface area (Å²) in [5.41, 5.74) is 0. The van der Waals surface area contributed by atoms with E-state index in [4.69, 9.17) is 5.11 Å². The maximum absolute atomic E-state index is 11.8. The van der Waals surface area contributed by atoms with E-state index in [9.17, 15) is 9.59 Å². The molecule has 1 unspecified atom stereocenters. The zero-order chi connectivity index (χ0) is 20.2. The normalized spacial score (nSPS) is 12.2. The Bertz CT molecular complexity index is 352. The number of hydrogen-bond acceptors (Lipinski definition) is 2. The van der Waals surface area contributed by atoms with Crippen molar-refractivity contribution in [2.75, 3.05) is 0 Å². The Morgan fingerprint density at radius 3 is 1.22 bits per heavy atom. The Labute approximate surface area is 168 Å². The standard InChI is InChI=1S/C24H46O3/c1-3-5-7-8-9-10-11-12-13-14-15-16-17-19-21-22(20-18-6-4-2)23(25)24(26)27/h22H,3-21H2,1-2H3,(H,26,27). The third-order valence-electron chi connectivity index (χ3n) is 5.64. The Kier molecular flexibility index (Phi) is 19.3. The smallest absolute Gasteiger partial charge is 0.372 e. The lowest BCUT2D eigenvalue weighted by Crippen LogP contribution is -2.23. The molecule has 0 saturated heterocycles. The van der Waals surface area contributed by atoms with E-state index < -0.39 is 11.8 Å². The van der Waals surface area contributed by atoms with Crippen molar-refractivity contribution in [3.63, 3.8) is 0 Å². The largest absolute Gasteiger partial charge is 0.475 e. The molecule has 0 spiro atoms. The molecule has 0 aliphatic carbocycles. The number of hydrogen-bond donors (Lipinski definition) is 1. The van der Waals surface area contributed by atoms with Gasteiger partial charge in [0.2, 0.25) is 5.78 Å².